The van der Waals surface area contributed by atoms with E-state index in [1.807, 2.05) is 38.4 Å². The second-order valence-electron chi connectivity index (χ2n) is 5.68. The summed E-state index contributed by atoms with van der Waals surface area (Å²) in [5, 5.41) is 0. The Labute approximate surface area is 125 Å². The fraction of sp³-hybridized carbons (Fsp3) is 0.438. The Morgan fingerprint density at radius 2 is 2.10 bits per heavy atom. The van der Waals surface area contributed by atoms with Gasteiger partial charge in [0.1, 0.15) is 17.5 Å². The van der Waals surface area contributed by atoms with Crippen LogP contribution in [0.3, 0.4) is 0 Å². The monoisotopic (exact) mass is 283 g/mol. The molecular formula is C16H21N5. The van der Waals surface area contributed by atoms with Crippen LogP contribution in [0.2, 0.25) is 0 Å². The van der Waals surface area contributed by atoms with Crippen molar-refractivity contribution >= 4 is 11.6 Å². The van der Waals surface area contributed by atoms with Gasteiger partial charge in [0.05, 0.1) is 0 Å². The zero-order valence-corrected chi connectivity index (χ0v) is 12.6. The molecule has 0 unspecified atom stereocenters. The largest absolute Gasteiger partial charge is 0.383 e. The van der Waals surface area contributed by atoms with Gasteiger partial charge in [0.25, 0.3) is 0 Å². The summed E-state index contributed by atoms with van der Waals surface area (Å²) in [6, 6.07) is 6.00. The summed E-state index contributed by atoms with van der Waals surface area (Å²) in [6.45, 7) is 2.84. The van der Waals surface area contributed by atoms with Crippen molar-refractivity contribution in [2.45, 2.75) is 32.1 Å². The molecule has 0 aromatic carbocycles. The number of aromatic nitrogens is 3. The molecular weight excluding hydrogens is 262 g/mol. The molecule has 0 atom stereocenters. The topological polar surface area (TPSA) is 67.9 Å². The highest BCUT2D eigenvalue weighted by Gasteiger charge is 2.28. The Bertz CT molecular complexity index is 622. The molecule has 2 aromatic rings. The van der Waals surface area contributed by atoms with Gasteiger partial charge < -0.3 is 10.6 Å². The normalized spacial score (nSPS) is 14.2. The molecule has 3 rings (SSSR count). The molecule has 5 nitrogen and oxygen atoms in total. The van der Waals surface area contributed by atoms with Gasteiger partial charge in [-0.15, -0.1) is 0 Å². The number of rotatable bonds is 5. The standard InChI is InChI=1S/C16H21N5/c1-11-14(17)19-15(12-6-7-12)20-16(11)21(2)10-8-13-5-3-4-9-18-13/h3-5,9,12H,6-8,10H2,1-2H3,(H2,17,19,20). The number of hydrogen-bond acceptors (Lipinski definition) is 5. The average Bonchev–Trinajstić information content (AvgIpc) is 3.33. The molecule has 1 fully saturated rings. The first-order valence-electron chi connectivity index (χ1n) is 7.40. The van der Waals surface area contributed by atoms with E-state index < -0.39 is 0 Å². The molecule has 1 aliphatic rings. The molecule has 0 saturated heterocycles. The zero-order chi connectivity index (χ0) is 14.8. The maximum Gasteiger partial charge on any atom is 0.137 e. The van der Waals surface area contributed by atoms with Gasteiger partial charge in [-0.25, -0.2) is 9.97 Å². The predicted molar refractivity (Wildman–Crippen MR) is 84.4 cm³/mol. The third-order valence-corrected chi connectivity index (χ3v) is 3.91. The van der Waals surface area contributed by atoms with E-state index in [9.17, 15) is 0 Å². The minimum absolute atomic E-state index is 0.510. The van der Waals surface area contributed by atoms with Gasteiger partial charge in [-0.2, -0.15) is 0 Å². The molecule has 2 aromatic heterocycles. The third-order valence-electron chi connectivity index (χ3n) is 3.91. The van der Waals surface area contributed by atoms with E-state index in [0.29, 0.717) is 11.7 Å². The van der Waals surface area contributed by atoms with Crippen LogP contribution >= 0.6 is 0 Å². The number of anilines is 2. The Kier molecular flexibility index (Phi) is 3.73. The van der Waals surface area contributed by atoms with Crippen LogP contribution in [-0.2, 0) is 6.42 Å². The van der Waals surface area contributed by atoms with Crippen molar-refractivity contribution in [3.8, 4) is 0 Å². The van der Waals surface area contributed by atoms with Gasteiger partial charge in [0, 0.05) is 43.4 Å². The van der Waals surface area contributed by atoms with E-state index in [1.165, 1.54) is 12.8 Å². The summed E-state index contributed by atoms with van der Waals surface area (Å²) < 4.78 is 0. The van der Waals surface area contributed by atoms with Gasteiger partial charge >= 0.3 is 0 Å². The molecule has 0 radical (unpaired) electrons. The molecule has 1 saturated carbocycles. The predicted octanol–water partition coefficient (Wildman–Crippen LogP) is 2.32. The molecule has 110 valence electrons. The van der Waals surface area contributed by atoms with Crippen LogP contribution in [0.4, 0.5) is 11.6 Å². The second-order valence-corrected chi connectivity index (χ2v) is 5.68. The Balaban J connectivity index is 1.75. The number of pyridine rings is 1. The van der Waals surface area contributed by atoms with E-state index >= 15 is 0 Å². The van der Waals surface area contributed by atoms with Crippen LogP contribution in [0, 0.1) is 6.92 Å². The summed E-state index contributed by atoms with van der Waals surface area (Å²) >= 11 is 0. The van der Waals surface area contributed by atoms with Crippen molar-refractivity contribution < 1.29 is 0 Å². The minimum atomic E-state index is 0.510. The van der Waals surface area contributed by atoms with Crippen molar-refractivity contribution in [1.82, 2.24) is 15.0 Å². The van der Waals surface area contributed by atoms with Gasteiger partial charge in [0.15, 0.2) is 0 Å². The van der Waals surface area contributed by atoms with E-state index in [2.05, 4.69) is 14.9 Å². The van der Waals surface area contributed by atoms with Crippen molar-refractivity contribution in [3.63, 3.8) is 0 Å². The lowest BCUT2D eigenvalue weighted by molar-refractivity contribution is 0.816. The van der Waals surface area contributed by atoms with Crippen molar-refractivity contribution in [1.29, 1.82) is 0 Å². The summed E-state index contributed by atoms with van der Waals surface area (Å²) in [5.74, 6) is 2.96. The molecule has 2 N–H and O–H groups in total. The molecule has 1 aliphatic carbocycles. The lowest BCUT2D eigenvalue weighted by Gasteiger charge is -2.21. The van der Waals surface area contributed by atoms with E-state index in [1.54, 1.807) is 0 Å². The third kappa shape index (κ3) is 3.12. The molecule has 0 amide bonds. The summed E-state index contributed by atoms with van der Waals surface area (Å²) in [7, 11) is 2.05. The van der Waals surface area contributed by atoms with Crippen LogP contribution in [-0.4, -0.2) is 28.5 Å². The molecule has 0 spiro atoms. The first kappa shape index (κ1) is 13.8. The lowest BCUT2D eigenvalue weighted by Crippen LogP contribution is -2.24. The van der Waals surface area contributed by atoms with Crippen molar-refractivity contribution in [2.24, 2.45) is 0 Å². The highest BCUT2D eigenvalue weighted by molar-refractivity contribution is 5.56. The Morgan fingerprint density at radius 3 is 2.76 bits per heavy atom. The number of nitrogens with two attached hydrogens (primary N) is 1. The highest BCUT2D eigenvalue weighted by atomic mass is 15.2. The van der Waals surface area contributed by atoms with Crippen LogP contribution in [0.25, 0.3) is 0 Å². The Morgan fingerprint density at radius 1 is 1.29 bits per heavy atom. The SMILES string of the molecule is Cc1c(N)nc(C2CC2)nc1N(C)CCc1ccccn1. The molecule has 5 heteroatoms. The maximum absolute atomic E-state index is 6.04. The van der Waals surface area contributed by atoms with E-state index in [0.717, 1.165) is 35.9 Å². The summed E-state index contributed by atoms with van der Waals surface area (Å²) in [4.78, 5) is 15.6. The average molecular weight is 283 g/mol. The fourth-order valence-electron chi connectivity index (χ4n) is 2.37. The van der Waals surface area contributed by atoms with Gasteiger partial charge in [-0.1, -0.05) is 6.07 Å². The quantitative estimate of drug-likeness (QED) is 0.912. The number of hydrogen-bond donors (Lipinski definition) is 1. The smallest absolute Gasteiger partial charge is 0.137 e. The van der Waals surface area contributed by atoms with Crippen LogP contribution in [0.1, 0.15) is 35.8 Å². The lowest BCUT2D eigenvalue weighted by atomic mass is 10.2. The van der Waals surface area contributed by atoms with Crippen LogP contribution in [0.15, 0.2) is 24.4 Å². The maximum atomic E-state index is 6.04. The van der Waals surface area contributed by atoms with Gasteiger partial charge in [0.2, 0.25) is 0 Å². The second kappa shape index (κ2) is 5.68. The highest BCUT2D eigenvalue weighted by Crippen LogP contribution is 2.39. The van der Waals surface area contributed by atoms with Crippen molar-refractivity contribution in [3.05, 3.63) is 41.5 Å². The van der Waals surface area contributed by atoms with Gasteiger partial charge in [-0.3, -0.25) is 4.98 Å². The van der Waals surface area contributed by atoms with Gasteiger partial charge in [-0.05, 0) is 31.9 Å². The first-order valence-corrected chi connectivity index (χ1v) is 7.40. The molecule has 0 aliphatic heterocycles. The van der Waals surface area contributed by atoms with Crippen LogP contribution in [0.5, 0.6) is 0 Å². The summed E-state index contributed by atoms with van der Waals surface area (Å²) in [6.07, 6.45) is 5.08. The minimum Gasteiger partial charge on any atom is -0.383 e. The zero-order valence-electron chi connectivity index (χ0n) is 12.6. The number of likely N-dealkylation sites (N-methyl/N-ethyl adjacent to an activating group) is 1. The van der Waals surface area contributed by atoms with E-state index in [-0.39, 0.29) is 0 Å². The number of nitrogens with zero attached hydrogens (tertiary/aromatic N) is 4. The van der Waals surface area contributed by atoms with Crippen LogP contribution < -0.4 is 10.6 Å². The van der Waals surface area contributed by atoms with Crippen molar-refractivity contribution in [2.75, 3.05) is 24.2 Å². The summed E-state index contributed by atoms with van der Waals surface area (Å²) in [5.41, 5.74) is 8.09. The Hall–Kier alpha value is -2.17. The molecule has 0 bridgehead atoms. The fourth-order valence-corrected chi connectivity index (χ4v) is 2.37. The molecule has 21 heavy (non-hydrogen) atoms. The first-order chi connectivity index (χ1) is 10.1. The molecule has 2 heterocycles. The van der Waals surface area contributed by atoms with E-state index in [4.69, 9.17) is 10.7 Å². The number of nitrogen functional groups attached to an aromatic ring is 1.